The van der Waals surface area contributed by atoms with Crippen molar-refractivity contribution in [3.8, 4) is 0 Å². The first-order valence-corrected chi connectivity index (χ1v) is 7.46. The molecule has 114 valence electrons. The number of benzene rings is 1. The molecule has 0 saturated carbocycles. The Morgan fingerprint density at radius 1 is 1.00 bits per heavy atom. The van der Waals surface area contributed by atoms with Crippen LogP contribution in [0.5, 0.6) is 0 Å². The monoisotopic (exact) mass is 296 g/mol. The van der Waals surface area contributed by atoms with Gasteiger partial charge >= 0.3 is 0 Å². The maximum Gasteiger partial charge on any atom is 0.157 e. The molecule has 0 aliphatic carbocycles. The van der Waals surface area contributed by atoms with Gasteiger partial charge < -0.3 is 9.88 Å². The SMILES string of the molecule is Cc1nnc(NC(C)c2nncn2C(C)C)c2ccccc12. The van der Waals surface area contributed by atoms with Crippen molar-refractivity contribution in [2.75, 3.05) is 5.32 Å². The van der Waals surface area contributed by atoms with E-state index in [-0.39, 0.29) is 6.04 Å². The summed E-state index contributed by atoms with van der Waals surface area (Å²) in [5.74, 6) is 1.66. The fraction of sp³-hybridized carbons (Fsp3) is 0.375. The average Bonchev–Trinajstić information content (AvgIpc) is 3.00. The van der Waals surface area contributed by atoms with E-state index in [0.717, 1.165) is 28.1 Å². The summed E-state index contributed by atoms with van der Waals surface area (Å²) in [6.45, 7) is 8.25. The van der Waals surface area contributed by atoms with E-state index >= 15 is 0 Å². The number of nitrogens with one attached hydrogen (secondary N) is 1. The second-order valence-electron chi connectivity index (χ2n) is 5.74. The number of anilines is 1. The van der Waals surface area contributed by atoms with Gasteiger partial charge in [0.25, 0.3) is 0 Å². The number of aryl methyl sites for hydroxylation is 1. The van der Waals surface area contributed by atoms with Crippen LogP contribution < -0.4 is 5.32 Å². The van der Waals surface area contributed by atoms with Gasteiger partial charge in [-0.3, -0.25) is 0 Å². The van der Waals surface area contributed by atoms with Crippen molar-refractivity contribution >= 4 is 16.6 Å². The number of nitrogens with zero attached hydrogens (tertiary/aromatic N) is 5. The first-order valence-electron chi connectivity index (χ1n) is 7.46. The van der Waals surface area contributed by atoms with Crippen molar-refractivity contribution in [3.05, 3.63) is 42.1 Å². The lowest BCUT2D eigenvalue weighted by molar-refractivity contribution is 0.552. The summed E-state index contributed by atoms with van der Waals surface area (Å²) in [7, 11) is 0. The Morgan fingerprint density at radius 2 is 1.73 bits per heavy atom. The topological polar surface area (TPSA) is 68.5 Å². The van der Waals surface area contributed by atoms with E-state index in [0.29, 0.717) is 6.04 Å². The zero-order valence-electron chi connectivity index (χ0n) is 13.3. The van der Waals surface area contributed by atoms with Gasteiger partial charge in [0, 0.05) is 16.8 Å². The number of hydrogen-bond acceptors (Lipinski definition) is 5. The highest BCUT2D eigenvalue weighted by atomic mass is 15.3. The second kappa shape index (κ2) is 5.71. The molecule has 1 unspecified atom stereocenters. The van der Waals surface area contributed by atoms with E-state index in [9.17, 15) is 0 Å². The molecular weight excluding hydrogens is 276 g/mol. The Labute approximate surface area is 129 Å². The summed E-state index contributed by atoms with van der Waals surface area (Å²) in [6.07, 6.45) is 1.76. The lowest BCUT2D eigenvalue weighted by Crippen LogP contribution is -2.16. The highest BCUT2D eigenvalue weighted by molar-refractivity contribution is 5.92. The van der Waals surface area contributed by atoms with Crippen LogP contribution >= 0.6 is 0 Å². The van der Waals surface area contributed by atoms with Gasteiger partial charge in [0.1, 0.15) is 6.33 Å². The molecule has 0 saturated heterocycles. The fourth-order valence-electron chi connectivity index (χ4n) is 2.57. The van der Waals surface area contributed by atoms with Crippen molar-refractivity contribution < 1.29 is 0 Å². The number of hydrogen-bond donors (Lipinski definition) is 1. The Balaban J connectivity index is 1.96. The summed E-state index contributed by atoms with van der Waals surface area (Å²) >= 11 is 0. The van der Waals surface area contributed by atoms with Crippen LogP contribution in [0.1, 0.15) is 44.4 Å². The zero-order valence-corrected chi connectivity index (χ0v) is 13.3. The third-order valence-corrected chi connectivity index (χ3v) is 3.77. The van der Waals surface area contributed by atoms with Crippen LogP contribution in [0.15, 0.2) is 30.6 Å². The molecule has 0 radical (unpaired) electrons. The molecule has 0 bridgehead atoms. The normalized spacial score (nSPS) is 12.8. The highest BCUT2D eigenvalue weighted by Crippen LogP contribution is 2.26. The van der Waals surface area contributed by atoms with Crippen LogP contribution in [-0.4, -0.2) is 25.0 Å². The molecule has 3 rings (SSSR count). The van der Waals surface area contributed by atoms with Crippen LogP contribution in [0.2, 0.25) is 0 Å². The maximum atomic E-state index is 4.31. The van der Waals surface area contributed by atoms with Crippen molar-refractivity contribution in [3.63, 3.8) is 0 Å². The molecule has 1 atom stereocenters. The van der Waals surface area contributed by atoms with Crippen molar-refractivity contribution in [1.29, 1.82) is 0 Å². The molecule has 0 spiro atoms. The summed E-state index contributed by atoms with van der Waals surface area (Å²) < 4.78 is 2.06. The molecule has 0 aliphatic rings. The molecule has 6 heteroatoms. The first kappa shape index (κ1) is 14.4. The molecular formula is C16H20N6. The van der Waals surface area contributed by atoms with Crippen LogP contribution in [-0.2, 0) is 0 Å². The third kappa shape index (κ3) is 2.52. The molecule has 2 aromatic heterocycles. The Bertz CT molecular complexity index is 792. The molecule has 0 amide bonds. The highest BCUT2D eigenvalue weighted by Gasteiger charge is 2.17. The molecule has 22 heavy (non-hydrogen) atoms. The van der Waals surface area contributed by atoms with Gasteiger partial charge in [-0.05, 0) is 27.7 Å². The van der Waals surface area contributed by atoms with Crippen molar-refractivity contribution in [2.24, 2.45) is 0 Å². The van der Waals surface area contributed by atoms with Crippen molar-refractivity contribution in [1.82, 2.24) is 25.0 Å². The van der Waals surface area contributed by atoms with Gasteiger partial charge in [-0.1, -0.05) is 24.3 Å². The Kier molecular flexibility index (Phi) is 3.75. The maximum absolute atomic E-state index is 4.31. The van der Waals surface area contributed by atoms with E-state index in [1.807, 2.05) is 19.1 Å². The predicted octanol–water partition coefficient (Wildman–Crippen LogP) is 3.28. The smallest absolute Gasteiger partial charge is 0.157 e. The van der Waals surface area contributed by atoms with Gasteiger partial charge in [-0.25, -0.2) is 0 Å². The number of fused-ring (bicyclic) bond motifs is 1. The largest absolute Gasteiger partial charge is 0.358 e. The Hall–Kier alpha value is -2.50. The first-order chi connectivity index (χ1) is 10.6. The second-order valence-corrected chi connectivity index (χ2v) is 5.74. The van der Waals surface area contributed by atoms with Crippen LogP contribution in [0.3, 0.4) is 0 Å². The molecule has 1 aromatic carbocycles. The van der Waals surface area contributed by atoms with Gasteiger partial charge in [0.2, 0.25) is 0 Å². The summed E-state index contributed by atoms with van der Waals surface area (Å²) in [5, 5.41) is 22.4. The van der Waals surface area contributed by atoms with E-state index in [2.05, 4.69) is 63.2 Å². The van der Waals surface area contributed by atoms with Crippen LogP contribution in [0.4, 0.5) is 5.82 Å². The third-order valence-electron chi connectivity index (χ3n) is 3.77. The minimum absolute atomic E-state index is 0.00897. The average molecular weight is 296 g/mol. The molecule has 6 nitrogen and oxygen atoms in total. The van der Waals surface area contributed by atoms with E-state index in [1.54, 1.807) is 6.33 Å². The molecule has 3 aromatic rings. The summed E-state index contributed by atoms with van der Waals surface area (Å²) in [5.41, 5.74) is 0.930. The van der Waals surface area contributed by atoms with Crippen molar-refractivity contribution in [2.45, 2.75) is 39.8 Å². The summed E-state index contributed by atoms with van der Waals surface area (Å²) in [4.78, 5) is 0. The quantitative estimate of drug-likeness (QED) is 0.800. The summed E-state index contributed by atoms with van der Waals surface area (Å²) in [6, 6.07) is 8.45. The predicted molar refractivity (Wildman–Crippen MR) is 86.7 cm³/mol. The van der Waals surface area contributed by atoms with E-state index in [4.69, 9.17) is 0 Å². The van der Waals surface area contributed by atoms with Gasteiger partial charge in [0.05, 0.1) is 11.7 Å². The van der Waals surface area contributed by atoms with Crippen LogP contribution in [0, 0.1) is 6.92 Å². The molecule has 1 N–H and O–H groups in total. The minimum atomic E-state index is -0.00897. The van der Waals surface area contributed by atoms with Gasteiger partial charge in [-0.15, -0.1) is 15.3 Å². The van der Waals surface area contributed by atoms with Gasteiger partial charge in [-0.2, -0.15) is 5.10 Å². The fourth-order valence-corrected chi connectivity index (χ4v) is 2.57. The lowest BCUT2D eigenvalue weighted by Gasteiger charge is -2.18. The molecule has 0 fully saturated rings. The minimum Gasteiger partial charge on any atom is -0.358 e. The lowest BCUT2D eigenvalue weighted by atomic mass is 10.1. The number of aromatic nitrogens is 5. The number of rotatable bonds is 4. The molecule has 2 heterocycles. The standard InChI is InChI=1S/C16H20N6/c1-10(2)22-9-17-21-16(22)12(4)18-15-14-8-6-5-7-13(14)11(3)19-20-15/h5-10,12H,1-4H3,(H,18,20). The van der Waals surface area contributed by atoms with E-state index in [1.165, 1.54) is 0 Å². The molecule has 0 aliphatic heterocycles. The Morgan fingerprint density at radius 3 is 2.45 bits per heavy atom. The van der Waals surface area contributed by atoms with Gasteiger partial charge in [0.15, 0.2) is 11.6 Å². The van der Waals surface area contributed by atoms with E-state index < -0.39 is 0 Å². The van der Waals surface area contributed by atoms with Crippen LogP contribution in [0.25, 0.3) is 10.8 Å². The zero-order chi connectivity index (χ0) is 15.7.